The van der Waals surface area contributed by atoms with Gasteiger partial charge in [-0.1, -0.05) is 29.8 Å². The molecule has 0 aliphatic rings. The number of aromatic amines is 1. The number of halogens is 1. The molecule has 0 fully saturated rings. The summed E-state index contributed by atoms with van der Waals surface area (Å²) in [5, 5.41) is 2.62. The van der Waals surface area contributed by atoms with Crippen molar-refractivity contribution >= 4 is 23.4 Å². The van der Waals surface area contributed by atoms with Crippen molar-refractivity contribution < 1.29 is 19.6 Å². The lowest BCUT2D eigenvalue weighted by Crippen LogP contribution is -2.86. The highest BCUT2D eigenvalue weighted by Crippen LogP contribution is 2.20. The Morgan fingerprint density at radius 3 is 2.58 bits per heavy atom. The molecule has 0 unspecified atom stereocenters. The number of methoxy groups -OCH3 is 1. The van der Waals surface area contributed by atoms with Gasteiger partial charge in [0.15, 0.2) is 0 Å². The van der Waals surface area contributed by atoms with Gasteiger partial charge in [-0.15, -0.1) is 0 Å². The Kier molecular flexibility index (Phi) is 5.80. The van der Waals surface area contributed by atoms with Crippen molar-refractivity contribution in [3.63, 3.8) is 0 Å². The van der Waals surface area contributed by atoms with Crippen molar-refractivity contribution in [1.82, 2.24) is 4.98 Å². The molecule has 2 rings (SSSR count). The summed E-state index contributed by atoms with van der Waals surface area (Å²) in [5.74, 6) is -0.502. The summed E-state index contributed by atoms with van der Waals surface area (Å²) in [6.45, 7) is 5.77. The maximum Gasteiger partial charge on any atom is 0.339 e. The van der Waals surface area contributed by atoms with Gasteiger partial charge in [0.05, 0.1) is 18.4 Å². The Hall–Kier alpha value is -2.11. The zero-order chi connectivity index (χ0) is 17.9. The third-order valence-electron chi connectivity index (χ3n) is 4.16. The Morgan fingerprint density at radius 1 is 1.29 bits per heavy atom. The molecular formula is C18H22ClN2O3+. The second-order valence-corrected chi connectivity index (χ2v) is 6.20. The highest BCUT2D eigenvalue weighted by atomic mass is 35.5. The number of carbonyl (C=O) groups is 2. The maximum atomic E-state index is 12.5. The lowest BCUT2D eigenvalue weighted by molar-refractivity contribution is -0.681. The Morgan fingerprint density at radius 2 is 1.96 bits per heavy atom. The molecule has 2 aromatic rings. The average molecular weight is 350 g/mol. The van der Waals surface area contributed by atoms with Crippen LogP contribution in [-0.2, 0) is 4.74 Å². The lowest BCUT2D eigenvalue weighted by atomic mass is 10.1. The van der Waals surface area contributed by atoms with Crippen LogP contribution in [0, 0.1) is 13.8 Å². The van der Waals surface area contributed by atoms with Crippen molar-refractivity contribution in [3.05, 3.63) is 57.4 Å². The van der Waals surface area contributed by atoms with Crippen LogP contribution in [0.1, 0.15) is 50.6 Å². The van der Waals surface area contributed by atoms with Crippen LogP contribution >= 0.6 is 11.6 Å². The smallest absolute Gasteiger partial charge is 0.339 e. The van der Waals surface area contributed by atoms with E-state index < -0.39 is 5.97 Å². The molecule has 1 atom stereocenters. The molecule has 128 valence electrons. The zero-order valence-corrected chi connectivity index (χ0v) is 15.0. The van der Waals surface area contributed by atoms with E-state index in [1.54, 1.807) is 13.8 Å². The summed E-state index contributed by atoms with van der Waals surface area (Å²) >= 11 is 6.19. The predicted molar refractivity (Wildman–Crippen MR) is 92.6 cm³/mol. The van der Waals surface area contributed by atoms with Gasteiger partial charge in [0.2, 0.25) is 5.78 Å². The number of hydrogen-bond donors (Lipinski definition) is 2. The Bertz CT molecular complexity index is 768. The molecule has 0 bridgehead atoms. The number of nitrogens with one attached hydrogen (secondary N) is 1. The van der Waals surface area contributed by atoms with Crippen molar-refractivity contribution in [2.24, 2.45) is 0 Å². The summed E-state index contributed by atoms with van der Waals surface area (Å²) in [5.41, 5.74) is 3.14. The molecule has 0 aliphatic heterocycles. The van der Waals surface area contributed by atoms with Gasteiger partial charge in [-0.25, -0.2) is 4.79 Å². The number of hydrogen-bond acceptors (Lipinski definition) is 3. The van der Waals surface area contributed by atoms with E-state index in [2.05, 4.69) is 4.98 Å². The summed E-state index contributed by atoms with van der Waals surface area (Å²) in [6, 6.07) is 7.65. The first kappa shape index (κ1) is 18.2. The number of Topliss-reactive ketones (excluding diaryl/α,β-unsaturated/α-hetero) is 1. The number of ketones is 1. The molecule has 0 amide bonds. The molecule has 0 saturated carbocycles. The molecule has 0 aliphatic carbocycles. The van der Waals surface area contributed by atoms with Crippen LogP contribution in [0.3, 0.4) is 0 Å². The van der Waals surface area contributed by atoms with Gasteiger partial charge in [0.25, 0.3) is 0 Å². The molecule has 6 heteroatoms. The minimum absolute atomic E-state index is 0.0547. The number of ether oxygens (including phenoxy) is 1. The normalized spacial score (nSPS) is 12.0. The van der Waals surface area contributed by atoms with E-state index in [1.807, 2.05) is 36.5 Å². The van der Waals surface area contributed by atoms with Crippen LogP contribution in [0.2, 0.25) is 5.02 Å². The quantitative estimate of drug-likeness (QED) is 0.621. The third-order valence-corrected chi connectivity index (χ3v) is 4.50. The van der Waals surface area contributed by atoms with Gasteiger partial charge in [0, 0.05) is 16.3 Å². The molecule has 1 aromatic heterocycles. The van der Waals surface area contributed by atoms with E-state index in [4.69, 9.17) is 16.3 Å². The number of esters is 1. The first-order chi connectivity index (χ1) is 11.4. The first-order valence-electron chi connectivity index (χ1n) is 7.75. The van der Waals surface area contributed by atoms with E-state index in [0.29, 0.717) is 27.5 Å². The molecule has 0 spiro atoms. The minimum atomic E-state index is -0.436. The minimum Gasteiger partial charge on any atom is -0.465 e. The van der Waals surface area contributed by atoms with E-state index in [0.717, 1.165) is 5.56 Å². The van der Waals surface area contributed by atoms with Crippen molar-refractivity contribution in [2.45, 2.75) is 26.8 Å². The van der Waals surface area contributed by atoms with E-state index in [-0.39, 0.29) is 18.4 Å². The summed E-state index contributed by atoms with van der Waals surface area (Å²) in [4.78, 5) is 27.3. The van der Waals surface area contributed by atoms with Crippen molar-refractivity contribution in [1.29, 1.82) is 0 Å². The SMILES string of the molecule is COC(=O)c1c(C)[nH]c(C(=O)C[NH2+][C@H](C)c2ccccc2Cl)c1C. The van der Waals surface area contributed by atoms with E-state index in [1.165, 1.54) is 7.11 Å². The van der Waals surface area contributed by atoms with Gasteiger partial charge in [-0.05, 0) is 32.4 Å². The number of benzene rings is 1. The van der Waals surface area contributed by atoms with E-state index >= 15 is 0 Å². The zero-order valence-electron chi connectivity index (χ0n) is 14.3. The van der Waals surface area contributed by atoms with Gasteiger partial charge in [-0.2, -0.15) is 0 Å². The molecule has 1 heterocycles. The number of carbonyl (C=O) groups excluding carboxylic acids is 2. The lowest BCUT2D eigenvalue weighted by Gasteiger charge is -2.12. The Labute approximate surface area is 146 Å². The fraction of sp³-hybridized carbons (Fsp3) is 0.333. The molecule has 0 radical (unpaired) electrons. The maximum absolute atomic E-state index is 12.5. The topological polar surface area (TPSA) is 75.8 Å². The van der Waals surface area contributed by atoms with Gasteiger partial charge in [-0.3, -0.25) is 4.79 Å². The number of H-pyrrole nitrogens is 1. The largest absolute Gasteiger partial charge is 0.465 e. The second-order valence-electron chi connectivity index (χ2n) is 5.79. The highest BCUT2D eigenvalue weighted by Gasteiger charge is 2.24. The number of nitrogens with two attached hydrogens (primary N) is 1. The van der Waals surface area contributed by atoms with Gasteiger partial charge >= 0.3 is 5.97 Å². The number of quaternary nitrogens is 1. The van der Waals surface area contributed by atoms with Crippen molar-refractivity contribution in [3.8, 4) is 0 Å². The third kappa shape index (κ3) is 3.68. The van der Waals surface area contributed by atoms with Crippen LogP contribution in [0.15, 0.2) is 24.3 Å². The van der Waals surface area contributed by atoms with Crippen LogP contribution < -0.4 is 5.32 Å². The van der Waals surface area contributed by atoms with Crippen LogP contribution in [-0.4, -0.2) is 30.4 Å². The number of aryl methyl sites for hydroxylation is 1. The molecule has 3 N–H and O–H groups in total. The predicted octanol–water partition coefficient (Wildman–Crippen LogP) is 2.58. The fourth-order valence-electron chi connectivity index (χ4n) is 2.79. The number of rotatable bonds is 6. The highest BCUT2D eigenvalue weighted by molar-refractivity contribution is 6.31. The summed E-state index contributed by atoms with van der Waals surface area (Å²) in [6.07, 6.45) is 0. The molecule has 5 nitrogen and oxygen atoms in total. The van der Waals surface area contributed by atoms with Gasteiger partial charge < -0.3 is 15.0 Å². The summed E-state index contributed by atoms with van der Waals surface area (Å²) in [7, 11) is 1.33. The standard InChI is InChI=1S/C18H21ClN2O3/c1-10-16(18(23)24-4)12(3)21-17(10)15(22)9-20-11(2)13-7-5-6-8-14(13)19/h5-8,11,20-21H,9H2,1-4H3/p+1/t11-/m1/s1. The first-order valence-corrected chi connectivity index (χ1v) is 8.13. The van der Waals surface area contributed by atoms with Crippen LogP contribution in [0.5, 0.6) is 0 Å². The molecule has 0 saturated heterocycles. The molecule has 1 aromatic carbocycles. The van der Waals surface area contributed by atoms with Crippen LogP contribution in [0.25, 0.3) is 0 Å². The average Bonchev–Trinajstić information content (AvgIpc) is 2.86. The van der Waals surface area contributed by atoms with E-state index in [9.17, 15) is 9.59 Å². The van der Waals surface area contributed by atoms with Crippen molar-refractivity contribution in [2.75, 3.05) is 13.7 Å². The van der Waals surface area contributed by atoms with Gasteiger partial charge in [0.1, 0.15) is 12.6 Å². The monoisotopic (exact) mass is 349 g/mol. The molecule has 24 heavy (non-hydrogen) atoms. The second kappa shape index (κ2) is 7.64. The number of aromatic nitrogens is 1. The fourth-order valence-corrected chi connectivity index (χ4v) is 3.10. The van der Waals surface area contributed by atoms with Crippen LogP contribution in [0.4, 0.5) is 0 Å². The summed E-state index contributed by atoms with van der Waals surface area (Å²) < 4.78 is 4.77. The Balaban J connectivity index is 2.11. The molecular weight excluding hydrogens is 328 g/mol.